The number of benzene rings is 4. The smallest absolute Gasteiger partial charge is 0.408 e. The fourth-order valence-corrected chi connectivity index (χ4v) is 13.6. The number of aryl methyl sites for hydroxylation is 2. The molecule has 10 aromatic rings. The van der Waals surface area contributed by atoms with Gasteiger partial charge in [0.15, 0.2) is 10.3 Å². The third-order valence-electron chi connectivity index (χ3n) is 16.7. The number of pyridine rings is 2. The van der Waals surface area contributed by atoms with Gasteiger partial charge in [0, 0.05) is 107 Å². The summed E-state index contributed by atoms with van der Waals surface area (Å²) < 4.78 is 36.9. The van der Waals surface area contributed by atoms with Gasteiger partial charge in [0.1, 0.15) is 46.7 Å². The zero-order chi connectivity index (χ0) is 58.3. The number of aromatic nitrogens is 6. The topological polar surface area (TPSA) is 144 Å². The zero-order valence-corrected chi connectivity index (χ0v) is 49.5. The normalized spacial score (nSPS) is 15.3. The van der Waals surface area contributed by atoms with Crippen molar-refractivity contribution in [2.24, 2.45) is 0 Å². The molecular weight excluding hydrogens is 1110 g/mol. The number of piperazine rings is 2. The van der Waals surface area contributed by atoms with E-state index in [9.17, 15) is 18.4 Å². The van der Waals surface area contributed by atoms with Crippen molar-refractivity contribution >= 4 is 79.2 Å². The van der Waals surface area contributed by atoms with Crippen LogP contribution in [-0.2, 0) is 22.4 Å². The molecule has 434 valence electrons. The third-order valence-corrected chi connectivity index (χ3v) is 18.5. The van der Waals surface area contributed by atoms with Crippen LogP contribution in [0, 0.1) is 11.6 Å². The molecule has 0 radical (unpaired) electrons. The van der Waals surface area contributed by atoms with E-state index in [0.29, 0.717) is 39.0 Å². The molecule has 4 aromatic carbocycles. The SMILES string of the molecule is CCc1nc2ccc(N3CCN(C(=O)C4(NC(=O)OCC5c6ccccc6-c6ccccc65)CC4)CC3)cn2c1N(C)c1nc(-c2ccc(F)cc2)cs1.CCc1nc2ccc(N3CCNCC3)cn2c1N(C)c1nc(-c2ccc(F)cc2)cs1. The van der Waals surface area contributed by atoms with E-state index in [2.05, 4.69) is 108 Å². The summed E-state index contributed by atoms with van der Waals surface area (Å²) >= 11 is 3.11. The number of rotatable bonds is 14. The van der Waals surface area contributed by atoms with Crippen molar-refractivity contribution in [1.29, 1.82) is 0 Å². The largest absolute Gasteiger partial charge is 0.449 e. The minimum atomic E-state index is -0.900. The first kappa shape index (κ1) is 55.5. The minimum Gasteiger partial charge on any atom is -0.449 e. The van der Waals surface area contributed by atoms with Crippen LogP contribution in [-0.4, -0.2) is 124 Å². The molecule has 6 aromatic heterocycles. The molecule has 8 heterocycles. The molecule has 2 aliphatic heterocycles. The van der Waals surface area contributed by atoms with Crippen molar-refractivity contribution in [3.63, 3.8) is 0 Å². The number of nitrogens with zero attached hydrogens (tertiary/aromatic N) is 11. The van der Waals surface area contributed by atoms with Crippen LogP contribution in [0.3, 0.4) is 0 Å². The van der Waals surface area contributed by atoms with E-state index in [0.717, 1.165) is 123 Å². The Labute approximate surface area is 500 Å². The molecule has 2 aliphatic carbocycles. The number of carbonyl (C=O) groups excluding carboxylic acids is 2. The Morgan fingerprint density at radius 3 is 1.56 bits per heavy atom. The van der Waals surface area contributed by atoms with Crippen LogP contribution in [0.2, 0.25) is 0 Å². The van der Waals surface area contributed by atoms with Crippen LogP contribution >= 0.6 is 22.7 Å². The first-order valence-electron chi connectivity index (χ1n) is 29.0. The number of imidazole rings is 2. The maximum Gasteiger partial charge on any atom is 0.408 e. The minimum absolute atomic E-state index is 0.0401. The highest BCUT2D eigenvalue weighted by Crippen LogP contribution is 2.45. The van der Waals surface area contributed by atoms with Gasteiger partial charge in [-0.3, -0.25) is 13.6 Å². The number of hydrogen-bond donors (Lipinski definition) is 2. The number of thiazole rings is 2. The molecule has 14 rings (SSSR count). The van der Waals surface area contributed by atoms with Crippen molar-refractivity contribution in [2.75, 3.05) is 92.7 Å². The Hall–Kier alpha value is -8.72. The second kappa shape index (κ2) is 23.4. The van der Waals surface area contributed by atoms with Crippen LogP contribution in [0.15, 0.2) is 144 Å². The average molecular weight is 1180 g/mol. The first-order chi connectivity index (χ1) is 41.4. The van der Waals surface area contributed by atoms with Crippen molar-refractivity contribution < 1.29 is 23.1 Å². The molecule has 2 amide bonds. The molecule has 2 N–H and O–H groups in total. The molecule has 1 saturated carbocycles. The van der Waals surface area contributed by atoms with Gasteiger partial charge in [-0.15, -0.1) is 22.7 Å². The van der Waals surface area contributed by atoms with E-state index >= 15 is 0 Å². The van der Waals surface area contributed by atoms with Gasteiger partial charge in [-0.2, -0.15) is 0 Å². The summed E-state index contributed by atoms with van der Waals surface area (Å²) in [5, 5.41) is 12.0. The molecule has 16 nitrogen and oxygen atoms in total. The second-order valence-electron chi connectivity index (χ2n) is 21.9. The molecule has 2 saturated heterocycles. The van der Waals surface area contributed by atoms with Crippen molar-refractivity contribution in [2.45, 2.75) is 51.0 Å². The predicted molar refractivity (Wildman–Crippen MR) is 334 cm³/mol. The van der Waals surface area contributed by atoms with Gasteiger partial charge in [0.25, 0.3) is 0 Å². The van der Waals surface area contributed by atoms with Crippen molar-refractivity contribution in [3.8, 4) is 33.6 Å². The van der Waals surface area contributed by atoms with E-state index in [1.54, 1.807) is 35.6 Å². The summed E-state index contributed by atoms with van der Waals surface area (Å²) in [6, 6.07) is 37.7. The number of hydrogen-bond acceptors (Lipinski definition) is 14. The number of ether oxygens (including phenoxy) is 1. The van der Waals surface area contributed by atoms with Crippen LogP contribution in [0.4, 0.5) is 46.8 Å². The molecule has 3 fully saturated rings. The Morgan fingerprint density at radius 2 is 1.09 bits per heavy atom. The third kappa shape index (κ3) is 10.9. The molecule has 85 heavy (non-hydrogen) atoms. The lowest BCUT2D eigenvalue weighted by Gasteiger charge is -2.37. The van der Waals surface area contributed by atoms with Gasteiger partial charge in [-0.25, -0.2) is 33.5 Å². The van der Waals surface area contributed by atoms with Crippen LogP contribution in [0.1, 0.15) is 55.1 Å². The summed E-state index contributed by atoms with van der Waals surface area (Å²) in [4.78, 5) is 57.2. The van der Waals surface area contributed by atoms with Gasteiger partial charge in [0.2, 0.25) is 5.91 Å². The summed E-state index contributed by atoms with van der Waals surface area (Å²) in [6.07, 6.45) is 6.54. The van der Waals surface area contributed by atoms with Crippen LogP contribution < -0.4 is 30.2 Å². The van der Waals surface area contributed by atoms with Crippen molar-refractivity contribution in [1.82, 2.24) is 44.3 Å². The number of alkyl carbamates (subject to hydrolysis) is 1. The lowest BCUT2D eigenvalue weighted by Crippen LogP contribution is -2.56. The standard InChI is InChI=1S/C42H40FN7O3S.C23H25FN6S/c1-3-35-38(47(2)40-45-36(26-54-40)27-12-14-28(43)15-13-27)50-24-29(16-17-37(50)44-35)48-20-22-49(23-21-48)39(51)42(18-19-42)46-41(52)53-25-34-32-10-6-4-8-30(32)31-9-5-7-11-33(31)34;1-3-19-22(28(2)23-27-20(15-31-23)16-4-6-17(24)7-5-16)30-14-18(8-9-21(30)26-19)29-12-10-25-11-13-29/h4-17,24,26,34H,3,18-23,25H2,1-2H3,(H,46,52);4-9,14-15,25H,3,10-13H2,1-2H3. The summed E-state index contributed by atoms with van der Waals surface area (Å²) in [7, 11) is 4.03. The summed E-state index contributed by atoms with van der Waals surface area (Å²) in [5.41, 5.74) is 13.2. The Bertz CT molecular complexity index is 4020. The van der Waals surface area contributed by atoms with E-state index in [-0.39, 0.29) is 30.1 Å². The number of nitrogens with one attached hydrogen (secondary N) is 2. The monoisotopic (exact) mass is 1180 g/mol. The number of fused-ring (bicyclic) bond motifs is 5. The lowest BCUT2D eigenvalue weighted by molar-refractivity contribution is -0.134. The van der Waals surface area contributed by atoms with E-state index in [4.69, 9.17) is 24.7 Å². The zero-order valence-electron chi connectivity index (χ0n) is 47.8. The first-order valence-corrected chi connectivity index (χ1v) is 30.8. The van der Waals surface area contributed by atoms with Gasteiger partial charge >= 0.3 is 6.09 Å². The number of anilines is 6. The Morgan fingerprint density at radius 1 is 0.624 bits per heavy atom. The van der Waals surface area contributed by atoms with Gasteiger partial charge in [0.05, 0.1) is 34.2 Å². The molecule has 0 spiro atoms. The molecule has 0 unspecified atom stereocenters. The van der Waals surface area contributed by atoms with E-state index in [1.807, 2.05) is 60.1 Å². The lowest BCUT2D eigenvalue weighted by atomic mass is 9.98. The second-order valence-corrected chi connectivity index (χ2v) is 23.6. The number of carbonyl (C=O) groups is 2. The molecule has 20 heteroatoms. The van der Waals surface area contributed by atoms with Crippen LogP contribution in [0.5, 0.6) is 0 Å². The fraction of sp³-hybridized carbons (Fsp3) is 0.292. The predicted octanol–water partition coefficient (Wildman–Crippen LogP) is 12.0. The number of halogens is 2. The van der Waals surface area contributed by atoms with E-state index in [1.165, 1.54) is 52.4 Å². The summed E-state index contributed by atoms with van der Waals surface area (Å²) in [6.45, 7) is 10.8. The highest BCUT2D eigenvalue weighted by molar-refractivity contribution is 7.14. The highest BCUT2D eigenvalue weighted by atomic mass is 32.1. The maximum absolute atomic E-state index is 13.8. The maximum atomic E-state index is 13.8. The average Bonchev–Trinajstić information content (AvgIpc) is 4.18. The summed E-state index contributed by atoms with van der Waals surface area (Å²) in [5.74, 6) is 1.38. The number of amides is 2. The molecule has 0 bridgehead atoms. The molecule has 0 atom stereocenters. The molecular formula is C65H65F2N13O3S2. The fourth-order valence-electron chi connectivity index (χ4n) is 12.0. The van der Waals surface area contributed by atoms with Crippen LogP contribution in [0.25, 0.3) is 44.9 Å². The Kier molecular flexibility index (Phi) is 15.3. The van der Waals surface area contributed by atoms with Gasteiger partial charge < -0.3 is 39.9 Å². The quantitative estimate of drug-likeness (QED) is 0.107. The Balaban J connectivity index is 0.000000183. The van der Waals surface area contributed by atoms with Gasteiger partial charge in [-0.1, -0.05) is 62.4 Å². The van der Waals surface area contributed by atoms with Gasteiger partial charge in [-0.05, 0) is 121 Å². The molecule has 4 aliphatic rings. The van der Waals surface area contributed by atoms with E-state index < -0.39 is 11.6 Å². The van der Waals surface area contributed by atoms with Crippen molar-refractivity contribution in [3.05, 3.63) is 179 Å². The highest BCUT2D eigenvalue weighted by Gasteiger charge is 2.54.